The van der Waals surface area contributed by atoms with Gasteiger partial charge >= 0.3 is 0 Å². The third-order valence-corrected chi connectivity index (χ3v) is 13.7. The van der Waals surface area contributed by atoms with E-state index in [1.54, 1.807) is 0 Å². The van der Waals surface area contributed by atoms with E-state index < -0.39 is 5.41 Å². The normalized spacial score (nSPS) is 13.7. The maximum Gasteiger partial charge on any atom is 0.0714 e. The molecule has 0 unspecified atom stereocenters. The number of hydrogen-bond acceptors (Lipinski definition) is 1. The second kappa shape index (κ2) is 14.9. The number of rotatable bonds is 7. The number of anilines is 3. The van der Waals surface area contributed by atoms with Crippen LogP contribution in [0, 0.1) is 0 Å². The summed E-state index contributed by atoms with van der Waals surface area (Å²) in [4.78, 5) is 2.52. The highest BCUT2D eigenvalue weighted by Crippen LogP contribution is 2.59. The van der Waals surface area contributed by atoms with E-state index in [1.807, 2.05) is 0 Å². The van der Waals surface area contributed by atoms with E-state index in [1.165, 1.54) is 108 Å². The van der Waals surface area contributed by atoms with Gasteiger partial charge in [0.1, 0.15) is 0 Å². The van der Waals surface area contributed by atoms with Gasteiger partial charge in [-0.15, -0.1) is 0 Å². The molecule has 2 aliphatic rings. The topological polar surface area (TPSA) is 3.24 Å². The van der Waals surface area contributed by atoms with Crippen molar-refractivity contribution in [3.63, 3.8) is 0 Å². The van der Waals surface area contributed by atoms with Crippen LogP contribution in [0.2, 0.25) is 0 Å². The van der Waals surface area contributed by atoms with E-state index >= 15 is 0 Å². The summed E-state index contributed by atoms with van der Waals surface area (Å²) in [6, 6.07) is 84.0. The van der Waals surface area contributed by atoms with Crippen LogP contribution in [-0.4, -0.2) is 0 Å². The summed E-state index contributed by atoms with van der Waals surface area (Å²) >= 11 is 0. The van der Waals surface area contributed by atoms with Gasteiger partial charge in [0.15, 0.2) is 0 Å². The first-order valence-electron chi connectivity index (χ1n) is 22.1. The van der Waals surface area contributed by atoms with Crippen molar-refractivity contribution < 1.29 is 0 Å². The first-order valence-corrected chi connectivity index (χ1v) is 22.1. The monoisotopic (exact) mass is 791 g/mol. The molecule has 0 saturated heterocycles. The molecule has 0 spiro atoms. The fourth-order valence-corrected chi connectivity index (χ4v) is 10.9. The molecule has 12 rings (SSSR count). The lowest BCUT2D eigenvalue weighted by Gasteiger charge is -2.35. The molecule has 0 amide bonds. The van der Waals surface area contributed by atoms with Crippen molar-refractivity contribution in [3.05, 3.63) is 258 Å². The first kappa shape index (κ1) is 36.4. The first-order chi connectivity index (χ1) is 30.8. The van der Waals surface area contributed by atoms with Crippen molar-refractivity contribution >= 4 is 38.6 Å². The highest BCUT2D eigenvalue weighted by Gasteiger charge is 2.47. The number of hydrogen-bond donors (Lipinski definition) is 0. The minimum Gasteiger partial charge on any atom is -0.310 e. The van der Waals surface area contributed by atoms with Crippen LogP contribution in [0.15, 0.2) is 224 Å². The standard InChI is InChI=1S/C61H45N/c1-4-17-43(18-5-1)56-39-46-21-10-11-22-47(46)40-59(56)62(50-34-31-45(32-35-50)53-30-16-23-42-19-12-14-28-52(42)53)51-36-37-55-58(41-51)61(48-24-6-2-7-25-48,49-26-8-3-9-27-49)57-38-33-44-20-13-15-29-54(44)60(55)57/h1-11,13,15-18,20-27,29-41H,12,14,19,28H2. The second-order valence-corrected chi connectivity index (χ2v) is 17.0. The third kappa shape index (κ3) is 5.76. The highest BCUT2D eigenvalue weighted by atomic mass is 15.1. The van der Waals surface area contributed by atoms with E-state index in [4.69, 9.17) is 0 Å². The van der Waals surface area contributed by atoms with Gasteiger partial charge in [-0.1, -0.05) is 188 Å². The van der Waals surface area contributed by atoms with E-state index in [0.717, 1.165) is 23.5 Å². The Labute approximate surface area is 364 Å². The van der Waals surface area contributed by atoms with Gasteiger partial charge in [0, 0.05) is 16.9 Å². The molecule has 0 fully saturated rings. The molecule has 1 nitrogen and oxygen atoms in total. The molecule has 0 aliphatic heterocycles. The molecule has 2 aliphatic carbocycles. The minimum atomic E-state index is -0.555. The van der Waals surface area contributed by atoms with Crippen LogP contribution in [0.4, 0.5) is 17.1 Å². The smallest absolute Gasteiger partial charge is 0.0714 e. The third-order valence-electron chi connectivity index (χ3n) is 13.7. The Morgan fingerprint density at radius 1 is 0.371 bits per heavy atom. The minimum absolute atomic E-state index is 0.555. The average molecular weight is 792 g/mol. The molecule has 0 saturated carbocycles. The van der Waals surface area contributed by atoms with Crippen molar-refractivity contribution in [2.75, 3.05) is 4.90 Å². The summed E-state index contributed by atoms with van der Waals surface area (Å²) in [6.07, 6.45) is 4.85. The van der Waals surface area contributed by atoms with Crippen molar-refractivity contribution in [2.45, 2.75) is 31.1 Å². The summed E-state index contributed by atoms with van der Waals surface area (Å²) in [5.41, 5.74) is 18.6. The molecule has 0 radical (unpaired) electrons. The molecule has 10 aromatic carbocycles. The fourth-order valence-electron chi connectivity index (χ4n) is 10.9. The van der Waals surface area contributed by atoms with Gasteiger partial charge in [0.2, 0.25) is 0 Å². The maximum absolute atomic E-state index is 2.52. The Balaban J connectivity index is 1.14. The van der Waals surface area contributed by atoms with E-state index in [-0.39, 0.29) is 0 Å². The van der Waals surface area contributed by atoms with E-state index in [2.05, 4.69) is 229 Å². The van der Waals surface area contributed by atoms with Crippen molar-refractivity contribution in [1.82, 2.24) is 0 Å². The van der Waals surface area contributed by atoms with Gasteiger partial charge in [-0.2, -0.15) is 0 Å². The maximum atomic E-state index is 2.52. The predicted octanol–water partition coefficient (Wildman–Crippen LogP) is 16.0. The molecule has 1 heteroatoms. The van der Waals surface area contributed by atoms with Crippen molar-refractivity contribution in [1.29, 1.82) is 0 Å². The van der Waals surface area contributed by atoms with Gasteiger partial charge in [0.05, 0.1) is 11.1 Å². The Kier molecular flexibility index (Phi) is 8.75. The lowest BCUT2D eigenvalue weighted by Crippen LogP contribution is -2.28. The molecular weight excluding hydrogens is 747 g/mol. The van der Waals surface area contributed by atoms with Crippen molar-refractivity contribution in [2.24, 2.45) is 0 Å². The number of aryl methyl sites for hydroxylation is 1. The average Bonchev–Trinajstić information content (AvgIpc) is 3.65. The van der Waals surface area contributed by atoms with Crippen LogP contribution in [-0.2, 0) is 18.3 Å². The van der Waals surface area contributed by atoms with Crippen LogP contribution < -0.4 is 4.90 Å². The molecule has 0 bridgehead atoms. The zero-order chi connectivity index (χ0) is 41.0. The zero-order valence-electron chi connectivity index (χ0n) is 34.6. The molecule has 294 valence electrons. The molecule has 62 heavy (non-hydrogen) atoms. The van der Waals surface area contributed by atoms with Gasteiger partial charge in [0.25, 0.3) is 0 Å². The number of fused-ring (bicyclic) bond motifs is 7. The Hall–Kier alpha value is -7.48. The lowest BCUT2D eigenvalue weighted by atomic mass is 9.67. The molecule has 10 aromatic rings. The second-order valence-electron chi connectivity index (χ2n) is 17.0. The largest absolute Gasteiger partial charge is 0.310 e. The molecule has 0 heterocycles. The summed E-state index contributed by atoms with van der Waals surface area (Å²) in [6.45, 7) is 0. The van der Waals surface area contributed by atoms with Gasteiger partial charge in [-0.3, -0.25) is 0 Å². The summed E-state index contributed by atoms with van der Waals surface area (Å²) < 4.78 is 0. The predicted molar refractivity (Wildman–Crippen MR) is 261 cm³/mol. The Bertz CT molecular complexity index is 3230. The quantitative estimate of drug-likeness (QED) is 0.155. The van der Waals surface area contributed by atoms with Crippen molar-refractivity contribution in [3.8, 4) is 33.4 Å². The Morgan fingerprint density at radius 2 is 0.984 bits per heavy atom. The van der Waals surface area contributed by atoms with Crippen LogP contribution in [0.1, 0.15) is 46.2 Å². The van der Waals surface area contributed by atoms with Crippen LogP contribution >= 0.6 is 0 Å². The lowest BCUT2D eigenvalue weighted by molar-refractivity contribution is 0.687. The number of nitrogens with zero attached hydrogens (tertiary/aromatic N) is 1. The number of benzene rings is 10. The van der Waals surface area contributed by atoms with Crippen LogP contribution in [0.3, 0.4) is 0 Å². The van der Waals surface area contributed by atoms with Crippen LogP contribution in [0.25, 0.3) is 54.9 Å². The van der Waals surface area contributed by atoms with Crippen LogP contribution in [0.5, 0.6) is 0 Å². The van der Waals surface area contributed by atoms with Gasteiger partial charge < -0.3 is 4.90 Å². The molecule has 0 aromatic heterocycles. The van der Waals surface area contributed by atoms with Gasteiger partial charge in [-0.05, 0) is 145 Å². The van der Waals surface area contributed by atoms with E-state index in [0.29, 0.717) is 0 Å². The van der Waals surface area contributed by atoms with Gasteiger partial charge in [-0.25, -0.2) is 0 Å². The highest BCUT2D eigenvalue weighted by molar-refractivity contribution is 6.05. The summed E-state index contributed by atoms with van der Waals surface area (Å²) in [5, 5.41) is 4.97. The summed E-state index contributed by atoms with van der Waals surface area (Å²) in [7, 11) is 0. The molecular formula is C61H45N. The zero-order valence-corrected chi connectivity index (χ0v) is 34.6. The Morgan fingerprint density at radius 3 is 1.73 bits per heavy atom. The SMILES string of the molecule is c1ccc(-c2cc3ccccc3cc2N(c2ccc(-c3cccc4c3CCCC4)cc2)c2ccc3c(c2)C(c2ccccc2)(c2ccccc2)c2ccc4ccccc4c2-3)cc1. The molecule has 0 atom stereocenters. The summed E-state index contributed by atoms with van der Waals surface area (Å²) in [5.74, 6) is 0. The van der Waals surface area contributed by atoms with E-state index in [9.17, 15) is 0 Å². The fraction of sp³-hybridized carbons (Fsp3) is 0.0820. The molecule has 0 N–H and O–H groups in total.